The Hall–Kier alpha value is -13.0. The number of rotatable bonds is 16. The number of carbonyl (C=O) groups excluding carboxylic acids is 2. The molecule has 8 aromatic rings. The minimum Gasteiger partial charge on any atom is -0.475 e. The largest absolute Gasteiger partial charge is 0.490 e. The topological polar surface area (TPSA) is 476 Å². The molecule has 0 aliphatic carbocycles. The Kier molecular flexibility index (Phi) is 37.9. The maximum Gasteiger partial charge on any atom is 0.490 e. The maximum absolute atomic E-state index is 13.0. The summed E-state index contributed by atoms with van der Waals surface area (Å²) in [5.41, 5.74) is -1.19. The number of hydrogen-bond donors (Lipinski definition) is 8. The van der Waals surface area contributed by atoms with E-state index in [1.54, 1.807) is 62.2 Å². The highest BCUT2D eigenvalue weighted by atomic mass is 35.5. The molecule has 5 aliphatic heterocycles. The number of halogens is 10. The van der Waals surface area contributed by atoms with Crippen LogP contribution in [0, 0.1) is 52.8 Å². The average molecular weight is 1880 g/mol. The van der Waals surface area contributed by atoms with Crippen molar-refractivity contribution in [2.24, 2.45) is 33.6 Å². The van der Waals surface area contributed by atoms with E-state index >= 15 is 0 Å². The maximum atomic E-state index is 13.0. The van der Waals surface area contributed by atoms with E-state index in [1.165, 1.54) is 41.9 Å². The summed E-state index contributed by atoms with van der Waals surface area (Å²) in [6.07, 6.45) is -14.8. The molecule has 5 saturated heterocycles. The number of ether oxygens (including phenoxy) is 1. The Labute approximate surface area is 746 Å². The van der Waals surface area contributed by atoms with Gasteiger partial charge in [-0.2, -0.15) is 59.4 Å². The first-order valence-electron chi connectivity index (χ1n) is 40.6. The predicted molar refractivity (Wildman–Crippen MR) is 467 cm³/mol. The number of imidazole rings is 4. The van der Waals surface area contributed by atoms with E-state index in [0.717, 1.165) is 123 Å². The lowest BCUT2D eigenvalue weighted by Crippen LogP contribution is -2.44. The lowest BCUT2D eigenvalue weighted by Gasteiger charge is -2.28. The van der Waals surface area contributed by atoms with Crippen molar-refractivity contribution in [3.05, 3.63) is 83.4 Å². The Balaban J connectivity index is 0.000000249. The zero-order chi connectivity index (χ0) is 96.9. The van der Waals surface area contributed by atoms with Crippen LogP contribution in [0.5, 0.6) is 0 Å². The third-order valence-corrected chi connectivity index (χ3v) is 20.4. The van der Waals surface area contributed by atoms with Crippen LogP contribution in [0.4, 0.5) is 63.3 Å². The van der Waals surface area contributed by atoms with E-state index in [4.69, 9.17) is 49.4 Å². The molecule has 1 unspecified atom stereocenters. The molecule has 0 saturated carbocycles. The average Bonchev–Trinajstić information content (AvgIpc) is 1.96. The molecule has 0 radical (unpaired) electrons. The van der Waals surface area contributed by atoms with Gasteiger partial charge in [-0.15, -0.1) is 36.1 Å². The summed E-state index contributed by atoms with van der Waals surface area (Å²) in [6, 6.07) is -0.767. The molecule has 13 rings (SSSR count). The molecule has 52 heteroatoms. The second-order valence-corrected chi connectivity index (χ2v) is 30.4. The van der Waals surface area contributed by atoms with Crippen LogP contribution in [0.2, 0.25) is 0 Å². The number of amides is 1. The third kappa shape index (κ3) is 25.6. The summed E-state index contributed by atoms with van der Waals surface area (Å²) >= 11 is 0. The SMILES string of the molecule is CC#CCn1c(N2CCNCC2)nc2c1c(=O)n(C)c(=O)n2C(C)C.CC#CCn1c(N2CCNCC2)nc2c1c(=O)n(C)c(=O)n2C1CCNC1=O.CC#CCn1c(N2CCNCC2)nc2c1c(=O)n(C)c(=O)n2CC(=O)C(C)(C)C.CC#CCn1c(N2CCNCC2)nc2c1c(=O)n(C)c(=O)n2CCOCC.Cl.O=C(O)C(F)(F)F.O=C(O)C(F)(F)F.O=C(O)C(F)(F)F. The van der Waals surface area contributed by atoms with Crippen molar-refractivity contribution in [3.8, 4) is 47.4 Å². The minimum atomic E-state index is -5.08. The number of nitrogens with one attached hydrogen (secondary N) is 5. The number of anilines is 4. The van der Waals surface area contributed by atoms with E-state index in [1.807, 2.05) is 29.9 Å². The van der Waals surface area contributed by atoms with Gasteiger partial charge >= 0.3 is 59.2 Å². The molecule has 13 heterocycles. The number of carboxylic acids is 3. The molecule has 0 spiro atoms. The highest BCUT2D eigenvalue weighted by Crippen LogP contribution is 2.28. The monoisotopic (exact) mass is 1880 g/mol. The number of fused-ring (bicyclic) bond motifs is 4. The molecule has 131 heavy (non-hydrogen) atoms. The van der Waals surface area contributed by atoms with Gasteiger partial charge in [-0.25, -0.2) is 33.6 Å². The smallest absolute Gasteiger partial charge is 0.475 e. The summed E-state index contributed by atoms with van der Waals surface area (Å²) in [6.45, 7) is 33.8. The van der Waals surface area contributed by atoms with Gasteiger partial charge in [0.15, 0.2) is 50.4 Å². The van der Waals surface area contributed by atoms with E-state index in [2.05, 4.69) is 98.5 Å². The third-order valence-electron chi connectivity index (χ3n) is 20.4. The predicted octanol–water partition coefficient (Wildman–Crippen LogP) is -0.0663. The quantitative estimate of drug-likeness (QED) is 0.0357. The first-order chi connectivity index (χ1) is 61.1. The second kappa shape index (κ2) is 46.5. The number of piperazine rings is 4. The Bertz CT molecular complexity index is 6220. The second-order valence-electron chi connectivity index (χ2n) is 30.4. The van der Waals surface area contributed by atoms with Gasteiger partial charge in [0.25, 0.3) is 22.2 Å². The summed E-state index contributed by atoms with van der Waals surface area (Å²) in [5.74, 6) is 17.5. The van der Waals surface area contributed by atoms with Crippen LogP contribution >= 0.6 is 12.4 Å². The molecule has 718 valence electrons. The summed E-state index contributed by atoms with van der Waals surface area (Å²) in [7, 11) is 5.86. The fourth-order valence-electron chi connectivity index (χ4n) is 13.6. The van der Waals surface area contributed by atoms with Gasteiger partial charge in [-0.05, 0) is 54.9 Å². The fourth-order valence-corrected chi connectivity index (χ4v) is 13.6. The highest BCUT2D eigenvalue weighted by Gasteiger charge is 2.41. The van der Waals surface area contributed by atoms with Crippen molar-refractivity contribution in [1.82, 2.24) is 101 Å². The van der Waals surface area contributed by atoms with Gasteiger partial charge in [0.1, 0.15) is 6.04 Å². The molecule has 8 N–H and O–H groups in total. The van der Waals surface area contributed by atoms with Crippen LogP contribution in [0.25, 0.3) is 44.7 Å². The van der Waals surface area contributed by atoms with Gasteiger partial charge in [0, 0.05) is 158 Å². The number of aliphatic carboxylic acids is 3. The van der Waals surface area contributed by atoms with Crippen LogP contribution < -0.4 is 91.2 Å². The van der Waals surface area contributed by atoms with Crippen LogP contribution in [-0.4, -0.2) is 263 Å². The van der Waals surface area contributed by atoms with Gasteiger partial charge in [0.05, 0.1) is 45.9 Å². The first-order valence-corrected chi connectivity index (χ1v) is 40.6. The Morgan fingerprint density at radius 2 is 0.718 bits per heavy atom. The van der Waals surface area contributed by atoms with E-state index in [0.29, 0.717) is 103 Å². The van der Waals surface area contributed by atoms with Gasteiger partial charge in [0.2, 0.25) is 29.7 Å². The lowest BCUT2D eigenvalue weighted by molar-refractivity contribution is -0.193. The van der Waals surface area contributed by atoms with Gasteiger partial charge in [-0.1, -0.05) is 44.5 Å². The molecule has 0 bridgehead atoms. The number of alkyl halides is 9. The van der Waals surface area contributed by atoms with Gasteiger partial charge in [-0.3, -0.25) is 83.6 Å². The number of carbonyl (C=O) groups is 5. The molecule has 5 fully saturated rings. The normalized spacial score (nSPS) is 15.1. The summed E-state index contributed by atoms with van der Waals surface area (Å²) < 4.78 is 118. The number of nitrogens with zero attached hydrogens (tertiary/aromatic N) is 20. The van der Waals surface area contributed by atoms with E-state index in [9.17, 15) is 87.5 Å². The Morgan fingerprint density at radius 3 is 1.01 bits per heavy atom. The van der Waals surface area contributed by atoms with E-state index in [-0.39, 0.29) is 83.6 Å². The number of hydrogen-bond acceptors (Lipinski definition) is 26. The van der Waals surface area contributed by atoms with Gasteiger partial charge < -0.3 is 66.2 Å². The Morgan fingerprint density at radius 1 is 0.435 bits per heavy atom. The fraction of sp³-hybridized carbons (Fsp3) is 0.582. The number of ketones is 1. The lowest BCUT2D eigenvalue weighted by atomic mass is 9.91. The number of carboxylic acid groups (broad SMARTS) is 3. The zero-order valence-corrected chi connectivity index (χ0v) is 75.2. The molecule has 0 aromatic carbocycles. The van der Waals surface area contributed by atoms with Crippen LogP contribution in [0.1, 0.15) is 87.7 Å². The number of aromatic nitrogens is 16. The first kappa shape index (κ1) is 107. The molecule has 1 amide bonds. The summed E-state index contributed by atoms with van der Waals surface area (Å²) in [4.78, 5) is 182. The van der Waals surface area contributed by atoms with Crippen molar-refractivity contribution in [2.75, 3.05) is 144 Å². The molecule has 8 aromatic heterocycles. The highest BCUT2D eigenvalue weighted by molar-refractivity contribution is 5.87. The molecule has 42 nitrogen and oxygen atoms in total. The van der Waals surface area contributed by atoms with Crippen LogP contribution in [-0.2, 0) is 96.2 Å². The van der Waals surface area contributed by atoms with Crippen molar-refractivity contribution in [1.29, 1.82) is 0 Å². The number of Topliss-reactive ketones (excluding diaryl/α,β-unsaturated/α-hetero) is 1. The van der Waals surface area contributed by atoms with E-state index < -0.39 is 70.4 Å². The summed E-state index contributed by atoms with van der Waals surface area (Å²) in [5, 5.41) is 37.3. The minimum absolute atomic E-state index is 0. The molecular weight excluding hydrogens is 1780 g/mol. The molecule has 1 atom stereocenters. The molecular formula is C79H105ClF9N25O17. The molecule has 5 aliphatic rings. The van der Waals surface area contributed by atoms with Crippen LogP contribution in [0.3, 0.4) is 0 Å². The standard InChI is InChI=1S/C20H28N6O3.C18H23N7O3.C18H26N6O3.C17H24N6O2.3C2HF3O2.ClH/c1-6-7-10-25-15-16(22-18(25)24-11-8-21-9-12-24)26(13-14(27)20(2,3)4)19(29)23(5)17(15)28;1-3-4-9-24-13-14(21-17(24)23-10-7-19-8-11-23)25(12-5-6-20-15(12)26)18(28)22(2)16(13)27;1-4-6-9-23-14-15(20-17(23)22-10-7-19-8-11-22)24(12-13-27-5-2)18(26)21(3)16(14)25;1-5-6-9-22-13-14(19-16(22)21-10-7-18-8-11-21)23(12(2)3)17(25)20(4)15(13)24;3*3-2(4,5)1(6)7;/h21H,8-13H2,1-5H3;12,19H,5-11H2,1-2H3,(H,20,26);19H,5,7-13H2,1-3H3;12,18H,7-11H2,1-4H3;3*(H,6,7);1H. The van der Waals surface area contributed by atoms with Crippen molar-refractivity contribution >= 4 is 110 Å². The zero-order valence-electron chi connectivity index (χ0n) is 74.4. The van der Waals surface area contributed by atoms with Crippen molar-refractivity contribution in [3.63, 3.8) is 0 Å². The van der Waals surface area contributed by atoms with Crippen LogP contribution in [0.15, 0.2) is 38.4 Å². The van der Waals surface area contributed by atoms with Crippen molar-refractivity contribution in [2.45, 2.75) is 146 Å². The van der Waals surface area contributed by atoms with Crippen molar-refractivity contribution < 1.29 is 83.5 Å².